The summed E-state index contributed by atoms with van der Waals surface area (Å²) >= 11 is 0. The van der Waals surface area contributed by atoms with Gasteiger partial charge in [0.25, 0.3) is 5.91 Å². The van der Waals surface area contributed by atoms with Crippen molar-refractivity contribution in [1.29, 1.82) is 0 Å². The van der Waals surface area contributed by atoms with Gasteiger partial charge in [-0.05, 0) is 48.4 Å². The summed E-state index contributed by atoms with van der Waals surface area (Å²) in [6, 6.07) is 21.4. The monoisotopic (exact) mass is 334 g/mol. The van der Waals surface area contributed by atoms with E-state index in [1.807, 2.05) is 83.7 Å². The smallest absolute Gasteiger partial charge is 0.251 e. The van der Waals surface area contributed by atoms with Crippen molar-refractivity contribution in [3.63, 3.8) is 0 Å². The van der Waals surface area contributed by atoms with Gasteiger partial charge in [-0.1, -0.05) is 30.3 Å². The Labute approximate surface area is 147 Å². The molecule has 0 spiro atoms. The highest BCUT2D eigenvalue weighted by Gasteiger charge is 2.13. The fourth-order valence-electron chi connectivity index (χ4n) is 2.88. The maximum Gasteiger partial charge on any atom is 0.251 e. The van der Waals surface area contributed by atoms with Gasteiger partial charge in [0, 0.05) is 42.7 Å². The lowest BCUT2D eigenvalue weighted by Gasteiger charge is -2.17. The fourth-order valence-corrected chi connectivity index (χ4v) is 2.88. The van der Waals surface area contributed by atoms with E-state index in [0.29, 0.717) is 18.5 Å². The molecule has 1 heterocycles. The molecule has 0 aliphatic heterocycles. The highest BCUT2D eigenvalue weighted by molar-refractivity contribution is 5.94. The number of nitrogens with one attached hydrogen (secondary N) is 1. The third kappa shape index (κ3) is 4.37. The van der Waals surface area contributed by atoms with Crippen molar-refractivity contribution in [3.8, 4) is 5.69 Å². The molecule has 2 N–H and O–H groups in total. The minimum absolute atomic E-state index is 0.0982. The number of rotatable bonds is 7. The van der Waals surface area contributed by atoms with E-state index in [1.54, 1.807) is 0 Å². The van der Waals surface area contributed by atoms with Crippen LogP contribution in [-0.4, -0.2) is 28.7 Å². The molecule has 1 aromatic heterocycles. The summed E-state index contributed by atoms with van der Waals surface area (Å²) in [7, 11) is 0. The van der Waals surface area contributed by atoms with Crippen LogP contribution in [0.3, 0.4) is 0 Å². The Hall–Kier alpha value is -2.85. The van der Waals surface area contributed by atoms with Crippen LogP contribution in [-0.2, 0) is 0 Å². The zero-order valence-electron chi connectivity index (χ0n) is 14.0. The number of benzene rings is 2. The molecule has 0 aliphatic carbocycles. The Morgan fingerprint density at radius 2 is 1.64 bits per heavy atom. The molecular weight excluding hydrogens is 312 g/mol. The van der Waals surface area contributed by atoms with Crippen molar-refractivity contribution >= 4 is 5.91 Å². The first-order chi connectivity index (χ1) is 12.3. The van der Waals surface area contributed by atoms with Crippen LogP contribution in [0, 0.1) is 0 Å². The van der Waals surface area contributed by atoms with Gasteiger partial charge in [0.15, 0.2) is 0 Å². The van der Waals surface area contributed by atoms with E-state index in [2.05, 4.69) is 5.32 Å². The lowest BCUT2D eigenvalue weighted by atomic mass is 9.96. The number of carbonyl (C=O) groups excluding carboxylic acids is 1. The number of hydrogen-bond donors (Lipinski definition) is 2. The molecule has 0 saturated carbocycles. The first kappa shape index (κ1) is 17.0. The van der Waals surface area contributed by atoms with E-state index in [1.165, 1.54) is 0 Å². The van der Waals surface area contributed by atoms with Crippen LogP contribution in [0.5, 0.6) is 0 Å². The maximum absolute atomic E-state index is 12.4. The van der Waals surface area contributed by atoms with Crippen molar-refractivity contribution in [2.24, 2.45) is 0 Å². The number of aromatic nitrogens is 1. The number of carbonyl (C=O) groups is 1. The van der Waals surface area contributed by atoms with E-state index < -0.39 is 0 Å². The molecule has 4 heteroatoms. The molecule has 0 fully saturated rings. The zero-order chi connectivity index (χ0) is 17.5. The molecular formula is C21H22N2O2. The molecule has 3 rings (SSSR count). The molecule has 128 valence electrons. The topological polar surface area (TPSA) is 54.3 Å². The van der Waals surface area contributed by atoms with E-state index in [-0.39, 0.29) is 18.4 Å². The van der Waals surface area contributed by atoms with Crippen molar-refractivity contribution in [3.05, 3.63) is 90.3 Å². The van der Waals surface area contributed by atoms with Crippen LogP contribution >= 0.6 is 0 Å². The Bertz CT molecular complexity index is 781. The Balaban J connectivity index is 1.63. The second-order valence-corrected chi connectivity index (χ2v) is 5.97. The quantitative estimate of drug-likeness (QED) is 0.696. The normalized spacial score (nSPS) is 11.9. The number of hydrogen-bond acceptors (Lipinski definition) is 2. The van der Waals surface area contributed by atoms with Gasteiger partial charge in [-0.15, -0.1) is 0 Å². The van der Waals surface area contributed by atoms with Gasteiger partial charge >= 0.3 is 0 Å². The van der Waals surface area contributed by atoms with Gasteiger partial charge in [-0.3, -0.25) is 4.79 Å². The predicted molar refractivity (Wildman–Crippen MR) is 99.0 cm³/mol. The molecule has 0 bridgehead atoms. The summed E-state index contributed by atoms with van der Waals surface area (Å²) < 4.78 is 1.99. The molecule has 0 saturated heterocycles. The van der Waals surface area contributed by atoms with Crippen LogP contribution in [0.25, 0.3) is 5.69 Å². The van der Waals surface area contributed by atoms with Gasteiger partial charge in [0.2, 0.25) is 0 Å². The summed E-state index contributed by atoms with van der Waals surface area (Å²) in [4.78, 5) is 12.4. The number of nitrogens with zero attached hydrogens (tertiary/aromatic N) is 1. The fraction of sp³-hybridized carbons (Fsp3) is 0.190. The Morgan fingerprint density at radius 1 is 0.960 bits per heavy atom. The molecule has 1 atom stereocenters. The van der Waals surface area contributed by atoms with Crippen molar-refractivity contribution in [2.45, 2.75) is 12.3 Å². The second kappa shape index (κ2) is 8.31. The summed E-state index contributed by atoms with van der Waals surface area (Å²) in [6.45, 7) is 0.601. The average Bonchev–Trinajstić information content (AvgIpc) is 3.20. The number of aliphatic hydroxyl groups is 1. The van der Waals surface area contributed by atoms with Gasteiger partial charge in [0.05, 0.1) is 0 Å². The van der Waals surface area contributed by atoms with Crippen molar-refractivity contribution < 1.29 is 9.90 Å². The Morgan fingerprint density at radius 3 is 2.28 bits per heavy atom. The molecule has 1 unspecified atom stereocenters. The van der Waals surface area contributed by atoms with E-state index in [9.17, 15) is 9.90 Å². The second-order valence-electron chi connectivity index (χ2n) is 5.97. The van der Waals surface area contributed by atoms with Gasteiger partial charge in [-0.2, -0.15) is 0 Å². The van der Waals surface area contributed by atoms with Crippen LogP contribution in [0.2, 0.25) is 0 Å². The zero-order valence-corrected chi connectivity index (χ0v) is 14.0. The minimum Gasteiger partial charge on any atom is -0.396 e. The maximum atomic E-state index is 12.4. The molecule has 1 amide bonds. The SMILES string of the molecule is O=C(NCC(CCO)c1ccccc1)c1ccc(-n2cccc2)cc1. The van der Waals surface area contributed by atoms with Crippen LogP contribution in [0.4, 0.5) is 0 Å². The molecule has 3 aromatic rings. The predicted octanol–water partition coefficient (Wildman–Crippen LogP) is 3.37. The van der Waals surface area contributed by atoms with E-state index in [4.69, 9.17) is 0 Å². The number of aliphatic hydroxyl groups excluding tert-OH is 1. The van der Waals surface area contributed by atoms with E-state index >= 15 is 0 Å². The number of amides is 1. The van der Waals surface area contributed by atoms with Crippen LogP contribution < -0.4 is 5.32 Å². The molecule has 2 aromatic carbocycles. The molecule has 25 heavy (non-hydrogen) atoms. The van der Waals surface area contributed by atoms with Gasteiger partial charge in [0.1, 0.15) is 0 Å². The highest BCUT2D eigenvalue weighted by Crippen LogP contribution is 2.18. The standard InChI is InChI=1S/C21H22N2O2/c24-15-12-19(17-6-2-1-3-7-17)16-22-21(25)18-8-10-20(11-9-18)23-13-4-5-14-23/h1-11,13-14,19,24H,12,15-16H2,(H,22,25). The largest absolute Gasteiger partial charge is 0.396 e. The molecule has 0 radical (unpaired) electrons. The minimum atomic E-state index is -0.0991. The third-order valence-electron chi connectivity index (χ3n) is 4.29. The first-order valence-electron chi connectivity index (χ1n) is 8.45. The average molecular weight is 334 g/mol. The van der Waals surface area contributed by atoms with Gasteiger partial charge in [-0.25, -0.2) is 0 Å². The van der Waals surface area contributed by atoms with Gasteiger partial charge < -0.3 is 15.0 Å². The van der Waals surface area contributed by atoms with Crippen LogP contribution in [0.15, 0.2) is 79.1 Å². The third-order valence-corrected chi connectivity index (χ3v) is 4.29. The van der Waals surface area contributed by atoms with Crippen molar-refractivity contribution in [2.75, 3.05) is 13.2 Å². The summed E-state index contributed by atoms with van der Waals surface area (Å²) in [5, 5.41) is 12.3. The highest BCUT2D eigenvalue weighted by atomic mass is 16.3. The lowest BCUT2D eigenvalue weighted by Crippen LogP contribution is -2.28. The van der Waals surface area contributed by atoms with Crippen LogP contribution in [0.1, 0.15) is 28.3 Å². The summed E-state index contributed by atoms with van der Waals surface area (Å²) in [5.41, 5.74) is 2.77. The summed E-state index contributed by atoms with van der Waals surface area (Å²) in [6.07, 6.45) is 4.56. The lowest BCUT2D eigenvalue weighted by molar-refractivity contribution is 0.0949. The molecule has 0 aliphatic rings. The molecule has 4 nitrogen and oxygen atoms in total. The van der Waals surface area contributed by atoms with E-state index in [0.717, 1.165) is 11.3 Å². The summed E-state index contributed by atoms with van der Waals surface area (Å²) in [5.74, 6) is 0.00669. The first-order valence-corrected chi connectivity index (χ1v) is 8.45. The van der Waals surface area contributed by atoms with Crippen molar-refractivity contribution in [1.82, 2.24) is 9.88 Å². The Kier molecular flexibility index (Phi) is 5.65.